The van der Waals surface area contributed by atoms with E-state index in [9.17, 15) is 18.0 Å². The van der Waals surface area contributed by atoms with Crippen LogP contribution in [0.4, 0.5) is 13.2 Å². The molecule has 0 fully saturated rings. The van der Waals surface area contributed by atoms with Gasteiger partial charge in [0.2, 0.25) is 10.9 Å². The van der Waals surface area contributed by atoms with Crippen LogP contribution in [0.1, 0.15) is 18.9 Å². The molecule has 2 N–H and O–H groups in total. The highest BCUT2D eigenvalue weighted by Crippen LogP contribution is 2.36. The molecule has 0 aliphatic carbocycles. The molecule has 9 heteroatoms. The zero-order valence-electron chi connectivity index (χ0n) is 8.99. The van der Waals surface area contributed by atoms with Crippen LogP contribution >= 0.6 is 23.1 Å². The number of hydrogen-bond acceptors (Lipinski definition) is 5. The van der Waals surface area contributed by atoms with Crippen molar-refractivity contribution < 1.29 is 18.0 Å². The highest BCUT2D eigenvalue weighted by atomic mass is 32.2. The molecular formula is C8H10F3N3OS2. The van der Waals surface area contributed by atoms with Crippen molar-refractivity contribution in [1.82, 2.24) is 10.2 Å². The summed E-state index contributed by atoms with van der Waals surface area (Å²) in [7, 11) is 0. The molecule has 1 atom stereocenters. The van der Waals surface area contributed by atoms with Gasteiger partial charge in [0.05, 0.1) is 5.25 Å². The van der Waals surface area contributed by atoms with E-state index in [0.29, 0.717) is 11.3 Å². The van der Waals surface area contributed by atoms with E-state index in [1.807, 2.05) is 0 Å². The molecule has 1 heterocycles. The van der Waals surface area contributed by atoms with Gasteiger partial charge in [0.25, 0.3) is 0 Å². The lowest BCUT2D eigenvalue weighted by molar-refractivity contribution is -0.138. The topological polar surface area (TPSA) is 68.9 Å². The molecule has 0 aliphatic heterocycles. The standard InChI is InChI=1S/C8H10F3N3OS2/c1-3(2)4(5(12)15)16-7-14-13-6(17-7)8(9,10)11/h3-4H,1-2H3,(H2,12,15). The Labute approximate surface area is 104 Å². The van der Waals surface area contributed by atoms with Gasteiger partial charge in [-0.1, -0.05) is 36.9 Å². The van der Waals surface area contributed by atoms with E-state index < -0.39 is 22.3 Å². The molecular weight excluding hydrogens is 275 g/mol. The van der Waals surface area contributed by atoms with Gasteiger partial charge in [-0.2, -0.15) is 13.2 Å². The van der Waals surface area contributed by atoms with Crippen LogP contribution in [-0.4, -0.2) is 21.4 Å². The second-order valence-electron chi connectivity index (χ2n) is 3.56. The zero-order chi connectivity index (χ0) is 13.2. The number of rotatable bonds is 4. The molecule has 0 saturated heterocycles. The molecule has 0 aromatic carbocycles. The number of nitrogens with two attached hydrogens (primary N) is 1. The highest BCUT2D eigenvalue weighted by molar-refractivity contribution is 8.02. The van der Waals surface area contributed by atoms with Crippen LogP contribution < -0.4 is 5.73 Å². The molecule has 1 unspecified atom stereocenters. The van der Waals surface area contributed by atoms with Crippen molar-refractivity contribution >= 4 is 29.0 Å². The Morgan fingerprint density at radius 1 is 1.41 bits per heavy atom. The third-order valence-corrected chi connectivity index (χ3v) is 4.38. The van der Waals surface area contributed by atoms with E-state index in [2.05, 4.69) is 10.2 Å². The number of amides is 1. The molecule has 1 amide bonds. The average Bonchev–Trinajstić information content (AvgIpc) is 2.60. The van der Waals surface area contributed by atoms with Crippen molar-refractivity contribution in [3.8, 4) is 0 Å². The lowest BCUT2D eigenvalue weighted by atomic mass is 10.1. The third kappa shape index (κ3) is 3.84. The fourth-order valence-corrected chi connectivity index (χ4v) is 2.88. The first-order valence-electron chi connectivity index (χ1n) is 4.58. The number of thioether (sulfide) groups is 1. The van der Waals surface area contributed by atoms with Gasteiger partial charge >= 0.3 is 6.18 Å². The van der Waals surface area contributed by atoms with Crippen molar-refractivity contribution in [1.29, 1.82) is 0 Å². The summed E-state index contributed by atoms with van der Waals surface area (Å²) in [5.41, 5.74) is 5.15. The largest absolute Gasteiger partial charge is 0.445 e. The summed E-state index contributed by atoms with van der Waals surface area (Å²) in [6, 6.07) is 0. The van der Waals surface area contributed by atoms with Crippen LogP contribution in [0.2, 0.25) is 0 Å². The van der Waals surface area contributed by atoms with Crippen LogP contribution in [0.5, 0.6) is 0 Å². The normalized spacial score (nSPS) is 14.0. The van der Waals surface area contributed by atoms with E-state index >= 15 is 0 Å². The first kappa shape index (κ1) is 14.2. The number of primary amides is 1. The van der Waals surface area contributed by atoms with Crippen molar-refractivity contribution in [2.75, 3.05) is 0 Å². The molecule has 96 valence electrons. The molecule has 0 saturated carbocycles. The number of halogens is 3. The third-order valence-electron chi connectivity index (χ3n) is 1.76. The first-order chi connectivity index (χ1) is 7.71. The molecule has 0 bridgehead atoms. The maximum Gasteiger partial charge on any atom is 0.445 e. The Morgan fingerprint density at radius 3 is 2.35 bits per heavy atom. The Kier molecular flexibility index (Phi) is 4.36. The molecule has 0 aliphatic rings. The maximum atomic E-state index is 12.3. The molecule has 17 heavy (non-hydrogen) atoms. The van der Waals surface area contributed by atoms with Gasteiger partial charge in [-0.15, -0.1) is 10.2 Å². The van der Waals surface area contributed by atoms with Gasteiger partial charge in [0, 0.05) is 0 Å². The van der Waals surface area contributed by atoms with Gasteiger partial charge in [0.15, 0.2) is 4.34 Å². The van der Waals surface area contributed by atoms with Crippen molar-refractivity contribution in [2.24, 2.45) is 11.7 Å². The molecule has 0 spiro atoms. The van der Waals surface area contributed by atoms with Gasteiger partial charge in [0.1, 0.15) is 0 Å². The number of hydrogen-bond donors (Lipinski definition) is 1. The van der Waals surface area contributed by atoms with E-state index in [-0.39, 0.29) is 10.3 Å². The monoisotopic (exact) mass is 285 g/mol. The predicted molar refractivity (Wildman–Crippen MR) is 58.6 cm³/mol. The van der Waals surface area contributed by atoms with E-state index in [1.165, 1.54) is 0 Å². The van der Waals surface area contributed by atoms with Gasteiger partial charge in [-0.3, -0.25) is 4.79 Å². The second-order valence-corrected chi connectivity index (χ2v) is 5.92. The predicted octanol–water partition coefficient (Wildman–Crippen LogP) is 2.16. The van der Waals surface area contributed by atoms with Crippen LogP contribution in [0, 0.1) is 5.92 Å². The van der Waals surface area contributed by atoms with Crippen molar-refractivity contribution in [3.63, 3.8) is 0 Å². The maximum absolute atomic E-state index is 12.3. The quantitative estimate of drug-likeness (QED) is 0.861. The molecule has 1 aromatic rings. The fraction of sp³-hybridized carbons (Fsp3) is 0.625. The van der Waals surface area contributed by atoms with E-state index in [0.717, 1.165) is 11.8 Å². The smallest absolute Gasteiger partial charge is 0.369 e. The first-order valence-corrected chi connectivity index (χ1v) is 6.28. The highest BCUT2D eigenvalue weighted by Gasteiger charge is 2.36. The molecule has 0 radical (unpaired) electrons. The minimum atomic E-state index is -4.50. The molecule has 4 nitrogen and oxygen atoms in total. The number of nitrogens with zero attached hydrogens (tertiary/aromatic N) is 2. The lowest BCUT2D eigenvalue weighted by Gasteiger charge is -2.14. The Morgan fingerprint density at radius 2 is 2.00 bits per heavy atom. The van der Waals surface area contributed by atoms with Gasteiger partial charge in [-0.25, -0.2) is 0 Å². The van der Waals surface area contributed by atoms with Crippen molar-refractivity contribution in [2.45, 2.75) is 29.6 Å². The summed E-state index contributed by atoms with van der Waals surface area (Å²) in [5, 5.41) is 4.79. The molecule has 1 rings (SSSR count). The second kappa shape index (κ2) is 5.21. The summed E-state index contributed by atoms with van der Waals surface area (Å²) < 4.78 is 36.9. The van der Waals surface area contributed by atoms with E-state index in [1.54, 1.807) is 13.8 Å². The van der Waals surface area contributed by atoms with Crippen molar-refractivity contribution in [3.05, 3.63) is 5.01 Å². The van der Waals surface area contributed by atoms with E-state index in [4.69, 9.17) is 5.73 Å². The Balaban J connectivity index is 2.81. The van der Waals surface area contributed by atoms with Gasteiger partial charge in [-0.05, 0) is 5.92 Å². The molecule has 1 aromatic heterocycles. The summed E-state index contributed by atoms with van der Waals surface area (Å²) in [6.07, 6.45) is -4.50. The average molecular weight is 285 g/mol. The Hall–Kier alpha value is -0.830. The van der Waals surface area contributed by atoms with Gasteiger partial charge < -0.3 is 5.73 Å². The number of carbonyl (C=O) groups excluding carboxylic acids is 1. The number of aromatic nitrogens is 2. The number of alkyl halides is 3. The van der Waals surface area contributed by atoms with Crippen LogP contribution in [0.25, 0.3) is 0 Å². The minimum absolute atomic E-state index is 0.0873. The summed E-state index contributed by atoms with van der Waals surface area (Å²) in [6.45, 7) is 3.52. The SMILES string of the molecule is CC(C)C(Sc1nnc(C(F)(F)F)s1)C(N)=O. The zero-order valence-corrected chi connectivity index (χ0v) is 10.6. The Bertz CT molecular complexity index is 405. The van der Waals surface area contributed by atoms with Crippen LogP contribution in [0.15, 0.2) is 4.34 Å². The fourth-order valence-electron chi connectivity index (χ4n) is 1.00. The number of carbonyl (C=O) groups is 1. The van der Waals surface area contributed by atoms with Crippen LogP contribution in [0.3, 0.4) is 0 Å². The summed E-state index contributed by atoms with van der Waals surface area (Å²) in [5.74, 6) is -0.663. The summed E-state index contributed by atoms with van der Waals surface area (Å²) >= 11 is 1.32. The lowest BCUT2D eigenvalue weighted by Crippen LogP contribution is -2.30. The summed E-state index contributed by atoms with van der Waals surface area (Å²) in [4.78, 5) is 11.1. The van der Waals surface area contributed by atoms with Crippen LogP contribution in [-0.2, 0) is 11.0 Å². The minimum Gasteiger partial charge on any atom is -0.369 e.